The minimum Gasteiger partial charge on any atom is -0.400 e. The zero-order chi connectivity index (χ0) is 17.1. The van der Waals surface area contributed by atoms with Gasteiger partial charge in [-0.1, -0.05) is 18.2 Å². The van der Waals surface area contributed by atoms with Crippen molar-refractivity contribution in [2.24, 2.45) is 0 Å². The number of hydrogen-bond acceptors (Lipinski definition) is 3. The Morgan fingerprint density at radius 3 is 2.38 bits per heavy atom. The van der Waals surface area contributed by atoms with Crippen LogP contribution in [0.3, 0.4) is 0 Å². The number of thiophene rings is 1. The fourth-order valence-corrected chi connectivity index (χ4v) is 4.93. The molecule has 1 aromatic carbocycles. The Morgan fingerprint density at radius 2 is 1.67 bits per heavy atom. The normalized spacial score (nSPS) is 22.8. The molecule has 126 valence electrons. The SMILES string of the molecule is Cc1sc2ccccc2c1C1=C(B2OC(C)(C)C(C)(C)O2)CCC1. The van der Waals surface area contributed by atoms with Gasteiger partial charge < -0.3 is 9.31 Å². The molecule has 0 atom stereocenters. The van der Waals surface area contributed by atoms with Crippen LogP contribution < -0.4 is 0 Å². The Hall–Kier alpha value is -1.10. The van der Waals surface area contributed by atoms with E-state index in [9.17, 15) is 0 Å². The van der Waals surface area contributed by atoms with E-state index < -0.39 is 0 Å². The molecule has 1 aliphatic heterocycles. The molecule has 1 saturated heterocycles. The molecule has 2 nitrogen and oxygen atoms in total. The van der Waals surface area contributed by atoms with E-state index >= 15 is 0 Å². The van der Waals surface area contributed by atoms with E-state index in [1.807, 2.05) is 11.3 Å². The van der Waals surface area contributed by atoms with Crippen molar-refractivity contribution in [1.29, 1.82) is 0 Å². The van der Waals surface area contributed by atoms with E-state index in [-0.39, 0.29) is 18.3 Å². The molecule has 2 aromatic rings. The molecular weight excluding hydrogens is 315 g/mol. The molecule has 1 aliphatic carbocycles. The van der Waals surface area contributed by atoms with Crippen LogP contribution in [0.4, 0.5) is 0 Å². The lowest BCUT2D eigenvalue weighted by atomic mass is 9.74. The van der Waals surface area contributed by atoms with Crippen LogP contribution in [0.15, 0.2) is 29.7 Å². The van der Waals surface area contributed by atoms with Crippen LogP contribution in [-0.4, -0.2) is 18.3 Å². The summed E-state index contributed by atoms with van der Waals surface area (Å²) in [6, 6.07) is 8.74. The first-order valence-electron chi connectivity index (χ1n) is 8.86. The van der Waals surface area contributed by atoms with Gasteiger partial charge in [-0.15, -0.1) is 11.3 Å². The van der Waals surface area contributed by atoms with E-state index in [0.29, 0.717) is 0 Å². The molecule has 4 heteroatoms. The second-order valence-electron chi connectivity index (χ2n) is 7.98. The zero-order valence-electron chi connectivity index (χ0n) is 15.2. The first-order chi connectivity index (χ1) is 11.3. The maximum Gasteiger partial charge on any atom is 0.490 e. The maximum atomic E-state index is 6.35. The van der Waals surface area contributed by atoms with Gasteiger partial charge in [0.25, 0.3) is 0 Å². The lowest BCUT2D eigenvalue weighted by Gasteiger charge is -2.32. The molecule has 1 aromatic heterocycles. The van der Waals surface area contributed by atoms with Crippen LogP contribution in [0.1, 0.15) is 57.4 Å². The second kappa shape index (κ2) is 5.45. The third-order valence-electron chi connectivity index (χ3n) is 5.87. The predicted molar refractivity (Wildman–Crippen MR) is 103 cm³/mol. The highest BCUT2D eigenvalue weighted by atomic mass is 32.1. The third kappa shape index (κ3) is 2.39. The van der Waals surface area contributed by atoms with E-state index in [1.54, 1.807) is 0 Å². The number of aryl methyl sites for hydroxylation is 1. The zero-order valence-corrected chi connectivity index (χ0v) is 16.0. The molecule has 0 unspecified atom stereocenters. The number of allylic oxidation sites excluding steroid dienone is 2. The number of rotatable bonds is 2. The van der Waals surface area contributed by atoms with Crippen molar-refractivity contribution in [3.63, 3.8) is 0 Å². The first kappa shape index (κ1) is 16.4. The van der Waals surface area contributed by atoms with Gasteiger partial charge in [0.1, 0.15) is 0 Å². The molecule has 0 amide bonds. The monoisotopic (exact) mass is 340 g/mol. The van der Waals surface area contributed by atoms with Crippen molar-refractivity contribution in [3.8, 4) is 0 Å². The Morgan fingerprint density at radius 1 is 1.00 bits per heavy atom. The number of benzene rings is 1. The van der Waals surface area contributed by atoms with Gasteiger partial charge in [0.15, 0.2) is 0 Å². The van der Waals surface area contributed by atoms with Gasteiger partial charge in [-0.3, -0.25) is 0 Å². The van der Waals surface area contributed by atoms with Crippen molar-refractivity contribution in [3.05, 3.63) is 40.2 Å². The van der Waals surface area contributed by atoms with Gasteiger partial charge in [0.2, 0.25) is 0 Å². The molecule has 0 bridgehead atoms. The van der Waals surface area contributed by atoms with Crippen LogP contribution in [0.25, 0.3) is 15.7 Å². The lowest BCUT2D eigenvalue weighted by molar-refractivity contribution is 0.00578. The maximum absolute atomic E-state index is 6.35. The predicted octanol–water partition coefficient (Wildman–Crippen LogP) is 5.78. The number of hydrogen-bond donors (Lipinski definition) is 0. The molecule has 4 rings (SSSR count). The average Bonchev–Trinajstić information content (AvgIpc) is 3.13. The average molecular weight is 340 g/mol. The largest absolute Gasteiger partial charge is 0.490 e. The second-order valence-corrected chi connectivity index (χ2v) is 9.23. The van der Waals surface area contributed by atoms with Crippen molar-refractivity contribution in [1.82, 2.24) is 0 Å². The van der Waals surface area contributed by atoms with Gasteiger partial charge in [0.05, 0.1) is 11.2 Å². The fraction of sp³-hybridized carbons (Fsp3) is 0.500. The highest BCUT2D eigenvalue weighted by molar-refractivity contribution is 7.19. The summed E-state index contributed by atoms with van der Waals surface area (Å²) in [5.41, 5.74) is 3.70. The van der Waals surface area contributed by atoms with E-state index in [4.69, 9.17) is 9.31 Å². The van der Waals surface area contributed by atoms with E-state index in [0.717, 1.165) is 12.8 Å². The van der Waals surface area contributed by atoms with E-state index in [2.05, 4.69) is 58.9 Å². The van der Waals surface area contributed by atoms with Gasteiger partial charge in [0, 0.05) is 15.0 Å². The smallest absolute Gasteiger partial charge is 0.400 e. The Kier molecular flexibility index (Phi) is 3.72. The van der Waals surface area contributed by atoms with Crippen LogP contribution in [0, 0.1) is 6.92 Å². The fourth-order valence-electron chi connectivity index (χ4n) is 3.84. The Balaban J connectivity index is 1.82. The summed E-state index contributed by atoms with van der Waals surface area (Å²) < 4.78 is 14.1. The molecule has 0 radical (unpaired) electrons. The Labute approximate surface area is 149 Å². The summed E-state index contributed by atoms with van der Waals surface area (Å²) in [7, 11) is -0.203. The summed E-state index contributed by atoms with van der Waals surface area (Å²) in [5, 5.41) is 1.38. The molecular formula is C20H25BO2S. The van der Waals surface area contributed by atoms with Gasteiger partial charge in [-0.05, 0) is 76.6 Å². The van der Waals surface area contributed by atoms with Crippen molar-refractivity contribution in [2.75, 3.05) is 0 Å². The summed E-state index contributed by atoms with van der Waals surface area (Å²) in [6.45, 7) is 10.8. The van der Waals surface area contributed by atoms with Crippen molar-refractivity contribution < 1.29 is 9.31 Å². The highest BCUT2D eigenvalue weighted by Gasteiger charge is 2.53. The van der Waals surface area contributed by atoms with Crippen molar-refractivity contribution in [2.45, 2.75) is 65.1 Å². The standard InChI is InChI=1S/C20H25BO2S/c1-13-18(15-9-6-7-12-17(15)24-13)14-10-8-11-16(14)21-22-19(2,3)20(4,5)23-21/h6-7,9,12H,8,10-11H2,1-5H3. The summed E-state index contributed by atoms with van der Waals surface area (Å²) >= 11 is 1.89. The minimum absolute atomic E-state index is 0.203. The molecule has 0 saturated carbocycles. The summed E-state index contributed by atoms with van der Waals surface area (Å²) in [5.74, 6) is 0. The van der Waals surface area contributed by atoms with Crippen LogP contribution in [0.2, 0.25) is 0 Å². The van der Waals surface area contributed by atoms with Gasteiger partial charge in [-0.25, -0.2) is 0 Å². The summed E-state index contributed by atoms with van der Waals surface area (Å²) in [6.07, 6.45) is 3.40. The van der Waals surface area contributed by atoms with Crippen LogP contribution >= 0.6 is 11.3 Å². The first-order valence-corrected chi connectivity index (χ1v) is 9.68. The lowest BCUT2D eigenvalue weighted by Crippen LogP contribution is -2.41. The van der Waals surface area contributed by atoms with Crippen molar-refractivity contribution >= 4 is 34.1 Å². The van der Waals surface area contributed by atoms with E-state index in [1.165, 1.54) is 38.0 Å². The van der Waals surface area contributed by atoms with Crippen LogP contribution in [-0.2, 0) is 9.31 Å². The third-order valence-corrected chi connectivity index (χ3v) is 6.96. The summed E-state index contributed by atoms with van der Waals surface area (Å²) in [4.78, 5) is 1.40. The molecule has 2 aliphatic rings. The van der Waals surface area contributed by atoms with Crippen LogP contribution in [0.5, 0.6) is 0 Å². The Bertz CT molecular complexity index is 815. The quantitative estimate of drug-likeness (QED) is 0.645. The minimum atomic E-state index is -0.274. The highest BCUT2D eigenvalue weighted by Crippen LogP contribution is 2.47. The molecule has 1 fully saturated rings. The topological polar surface area (TPSA) is 18.5 Å². The molecule has 0 N–H and O–H groups in total. The molecule has 0 spiro atoms. The molecule has 2 heterocycles. The number of fused-ring (bicyclic) bond motifs is 1. The van der Waals surface area contributed by atoms with Gasteiger partial charge >= 0.3 is 7.12 Å². The van der Waals surface area contributed by atoms with Gasteiger partial charge in [-0.2, -0.15) is 0 Å². The molecule has 24 heavy (non-hydrogen) atoms.